The highest BCUT2D eigenvalue weighted by molar-refractivity contribution is 7.92. The van der Waals surface area contributed by atoms with E-state index in [1.165, 1.54) is 18.2 Å². The third-order valence-corrected chi connectivity index (χ3v) is 4.05. The second kappa shape index (κ2) is 5.61. The summed E-state index contributed by atoms with van der Waals surface area (Å²) >= 11 is 17.0. The van der Waals surface area contributed by atoms with E-state index in [2.05, 4.69) is 14.7 Å². The Morgan fingerprint density at radius 2 is 1.70 bits per heavy atom. The lowest BCUT2D eigenvalue weighted by Crippen LogP contribution is -2.14. The van der Waals surface area contributed by atoms with Gasteiger partial charge >= 0.3 is 0 Å². The predicted octanol–water partition coefficient (Wildman–Crippen LogP) is 2.94. The molecule has 0 fully saturated rings. The molecule has 0 spiro atoms. The van der Waals surface area contributed by atoms with E-state index in [-0.39, 0.29) is 26.0 Å². The van der Waals surface area contributed by atoms with Crippen molar-refractivity contribution < 1.29 is 13.5 Å². The first kappa shape index (κ1) is 15.1. The van der Waals surface area contributed by atoms with Crippen LogP contribution in [0.4, 0.5) is 5.82 Å². The average molecular weight is 355 g/mol. The first-order valence-corrected chi connectivity index (χ1v) is 7.60. The molecule has 0 radical (unpaired) electrons. The quantitative estimate of drug-likeness (QED) is 0.827. The van der Waals surface area contributed by atoms with E-state index in [0.29, 0.717) is 0 Å². The number of halogens is 3. The normalized spacial score (nSPS) is 11.3. The molecule has 20 heavy (non-hydrogen) atoms. The first-order chi connectivity index (χ1) is 9.28. The van der Waals surface area contributed by atoms with Crippen molar-refractivity contribution in [3.05, 3.63) is 39.7 Å². The van der Waals surface area contributed by atoms with Crippen LogP contribution in [0.25, 0.3) is 0 Å². The van der Waals surface area contributed by atoms with Gasteiger partial charge in [-0.3, -0.25) is 4.72 Å². The lowest BCUT2D eigenvalue weighted by atomic mass is 10.4. The molecule has 0 unspecified atom stereocenters. The number of nitrogens with one attached hydrogen (secondary N) is 1. The summed E-state index contributed by atoms with van der Waals surface area (Å²) in [6, 6.07) is 3.80. The maximum atomic E-state index is 12.1. The van der Waals surface area contributed by atoms with Crippen molar-refractivity contribution in [1.82, 2.24) is 9.97 Å². The molecule has 0 amide bonds. The fourth-order valence-corrected chi connectivity index (χ4v) is 3.17. The average Bonchev–Trinajstić information content (AvgIpc) is 2.32. The molecule has 0 atom stereocenters. The summed E-state index contributed by atoms with van der Waals surface area (Å²) in [6.45, 7) is 0. The van der Waals surface area contributed by atoms with E-state index in [4.69, 9.17) is 34.8 Å². The molecule has 10 heteroatoms. The van der Waals surface area contributed by atoms with E-state index in [1.807, 2.05) is 0 Å². The van der Waals surface area contributed by atoms with Crippen molar-refractivity contribution >= 4 is 50.6 Å². The topological polar surface area (TPSA) is 92.2 Å². The molecule has 0 saturated heterocycles. The number of aromatic nitrogens is 2. The number of benzene rings is 1. The van der Waals surface area contributed by atoms with Gasteiger partial charge in [0.05, 0.1) is 11.1 Å². The van der Waals surface area contributed by atoms with Crippen molar-refractivity contribution in [3.63, 3.8) is 0 Å². The van der Waals surface area contributed by atoms with E-state index in [9.17, 15) is 13.5 Å². The van der Waals surface area contributed by atoms with Crippen LogP contribution < -0.4 is 4.72 Å². The van der Waals surface area contributed by atoms with Crippen LogP contribution >= 0.6 is 34.8 Å². The number of anilines is 1. The summed E-state index contributed by atoms with van der Waals surface area (Å²) in [6.07, 6.45) is 0.970. The van der Waals surface area contributed by atoms with Crippen LogP contribution in [0.15, 0.2) is 29.3 Å². The molecule has 0 aliphatic rings. The zero-order chi connectivity index (χ0) is 14.9. The van der Waals surface area contributed by atoms with Gasteiger partial charge in [-0.15, -0.1) is 0 Å². The summed E-state index contributed by atoms with van der Waals surface area (Å²) in [7, 11) is -4.03. The minimum Gasteiger partial charge on any atom is -0.503 e. The van der Waals surface area contributed by atoms with Crippen molar-refractivity contribution in [2.75, 3.05) is 4.72 Å². The fourth-order valence-electron chi connectivity index (χ4n) is 1.30. The van der Waals surface area contributed by atoms with Crippen LogP contribution in [-0.4, -0.2) is 23.5 Å². The van der Waals surface area contributed by atoms with Crippen LogP contribution in [0.5, 0.6) is 5.75 Å². The van der Waals surface area contributed by atoms with E-state index >= 15 is 0 Å². The van der Waals surface area contributed by atoms with Crippen molar-refractivity contribution in [2.45, 2.75) is 4.90 Å². The maximum absolute atomic E-state index is 12.1. The summed E-state index contributed by atoms with van der Waals surface area (Å²) in [4.78, 5) is 6.90. The number of rotatable bonds is 3. The molecule has 2 aromatic rings. The SMILES string of the molecule is O=S(=O)(Nc1nc(Cl)ncc1O)c1cc(Cl)cc(Cl)c1. The van der Waals surface area contributed by atoms with Gasteiger partial charge in [0, 0.05) is 10.0 Å². The van der Waals surface area contributed by atoms with Gasteiger partial charge in [0.25, 0.3) is 10.0 Å². The summed E-state index contributed by atoms with van der Waals surface area (Å²) in [5, 5.41) is 9.58. The third kappa shape index (κ3) is 3.43. The molecular formula is C10H6Cl3N3O3S. The lowest BCUT2D eigenvalue weighted by molar-refractivity contribution is 0.472. The smallest absolute Gasteiger partial charge is 0.263 e. The molecule has 0 bridgehead atoms. The molecular weight excluding hydrogens is 349 g/mol. The Balaban J connectivity index is 2.43. The van der Waals surface area contributed by atoms with Crippen molar-refractivity contribution in [1.29, 1.82) is 0 Å². The lowest BCUT2D eigenvalue weighted by Gasteiger charge is -2.09. The highest BCUT2D eigenvalue weighted by Crippen LogP contribution is 2.26. The number of aromatic hydroxyl groups is 1. The molecule has 1 aromatic heterocycles. The molecule has 2 rings (SSSR count). The minimum absolute atomic E-state index is 0.155. The Hall–Kier alpha value is -1.28. The number of hydrogen-bond donors (Lipinski definition) is 2. The van der Waals surface area contributed by atoms with Gasteiger partial charge in [-0.1, -0.05) is 23.2 Å². The molecule has 106 valence electrons. The molecule has 2 N–H and O–H groups in total. The monoisotopic (exact) mass is 353 g/mol. The van der Waals surface area contributed by atoms with E-state index in [1.54, 1.807) is 0 Å². The van der Waals surface area contributed by atoms with Gasteiger partial charge < -0.3 is 5.11 Å². The maximum Gasteiger partial charge on any atom is 0.263 e. The van der Waals surface area contributed by atoms with Crippen LogP contribution in [0, 0.1) is 0 Å². The van der Waals surface area contributed by atoms with Gasteiger partial charge in [0.2, 0.25) is 5.28 Å². The third-order valence-electron chi connectivity index (χ3n) is 2.12. The fraction of sp³-hybridized carbons (Fsp3) is 0. The van der Waals surface area contributed by atoms with Crippen molar-refractivity contribution in [3.8, 4) is 5.75 Å². The van der Waals surface area contributed by atoms with E-state index < -0.39 is 15.8 Å². The van der Waals surface area contributed by atoms with Crippen molar-refractivity contribution in [2.24, 2.45) is 0 Å². The molecule has 0 aliphatic heterocycles. The Morgan fingerprint density at radius 1 is 1.10 bits per heavy atom. The second-order valence-corrected chi connectivity index (χ2v) is 6.48. The van der Waals surface area contributed by atoms with Crippen LogP contribution in [-0.2, 0) is 10.0 Å². The number of sulfonamides is 1. The minimum atomic E-state index is -4.03. The zero-order valence-electron chi connectivity index (χ0n) is 9.51. The van der Waals surface area contributed by atoms with Gasteiger partial charge in [0.1, 0.15) is 0 Å². The highest BCUT2D eigenvalue weighted by atomic mass is 35.5. The Kier molecular flexibility index (Phi) is 4.24. The largest absolute Gasteiger partial charge is 0.503 e. The molecule has 1 aromatic carbocycles. The summed E-state index contributed by atoms with van der Waals surface area (Å²) < 4.78 is 26.3. The molecule has 6 nitrogen and oxygen atoms in total. The van der Waals surface area contributed by atoms with Gasteiger partial charge in [-0.25, -0.2) is 13.4 Å². The number of hydrogen-bond acceptors (Lipinski definition) is 5. The molecule has 0 aliphatic carbocycles. The van der Waals surface area contributed by atoms with E-state index in [0.717, 1.165) is 6.20 Å². The highest BCUT2D eigenvalue weighted by Gasteiger charge is 2.19. The van der Waals surface area contributed by atoms with Crippen LogP contribution in [0.3, 0.4) is 0 Å². The van der Waals surface area contributed by atoms with Gasteiger partial charge in [-0.2, -0.15) is 4.98 Å². The summed E-state index contributed by atoms with van der Waals surface area (Å²) in [5.41, 5.74) is 0. The summed E-state index contributed by atoms with van der Waals surface area (Å²) in [5.74, 6) is -0.813. The van der Waals surface area contributed by atoms with Crippen LogP contribution in [0.2, 0.25) is 15.3 Å². The number of nitrogens with zero attached hydrogens (tertiary/aromatic N) is 2. The Bertz CT molecular complexity index is 747. The zero-order valence-corrected chi connectivity index (χ0v) is 12.6. The second-order valence-electron chi connectivity index (χ2n) is 3.58. The molecule has 1 heterocycles. The Morgan fingerprint density at radius 3 is 2.30 bits per heavy atom. The molecule has 0 saturated carbocycles. The standard InChI is InChI=1S/C10H6Cl3N3O3S/c11-5-1-6(12)3-7(2-5)20(18,19)16-9-8(17)4-14-10(13)15-9/h1-4,17H,(H,14,15,16). The van der Waals surface area contributed by atoms with Crippen LogP contribution in [0.1, 0.15) is 0 Å². The van der Waals surface area contributed by atoms with Gasteiger partial charge in [0.15, 0.2) is 11.6 Å². The predicted molar refractivity (Wildman–Crippen MR) is 76.0 cm³/mol. The Labute approximate surface area is 129 Å². The first-order valence-electron chi connectivity index (χ1n) is 4.98. The van der Waals surface area contributed by atoms with Gasteiger partial charge in [-0.05, 0) is 29.8 Å².